The summed E-state index contributed by atoms with van der Waals surface area (Å²) < 4.78 is 6.40. The fourth-order valence-electron chi connectivity index (χ4n) is 1.87. The number of rotatable bonds is 5. The quantitative estimate of drug-likeness (QED) is 0.671. The molecule has 2 heterocycles. The van der Waals surface area contributed by atoms with E-state index in [4.69, 9.17) is 4.52 Å². The summed E-state index contributed by atoms with van der Waals surface area (Å²) in [6.45, 7) is 3.48. The Kier molecular flexibility index (Phi) is 4.47. The molecule has 10 heteroatoms. The van der Waals surface area contributed by atoms with Crippen LogP contribution >= 0.6 is 11.8 Å². The Hall–Kier alpha value is -2.88. The third-order valence-corrected chi connectivity index (χ3v) is 4.10. The number of carbonyl (C=O) groups excluding carboxylic acids is 1. The summed E-state index contributed by atoms with van der Waals surface area (Å²) in [4.78, 5) is 12.2. The number of carbonyl (C=O) groups is 1. The van der Waals surface area contributed by atoms with E-state index in [9.17, 15) is 9.90 Å². The summed E-state index contributed by atoms with van der Waals surface area (Å²) in [5.41, 5.74) is 0.681. The maximum absolute atomic E-state index is 12.2. The first-order valence-corrected chi connectivity index (χ1v) is 7.89. The number of aromatic nitrogens is 5. The molecule has 0 spiro atoms. The number of hydrogen-bond donors (Lipinski definition) is 2. The topological polar surface area (TPSA) is 119 Å². The van der Waals surface area contributed by atoms with E-state index < -0.39 is 5.25 Å². The Labute approximate surface area is 141 Å². The molecule has 0 saturated carbocycles. The van der Waals surface area contributed by atoms with Crippen molar-refractivity contribution in [2.24, 2.45) is 0 Å². The van der Waals surface area contributed by atoms with E-state index in [0.717, 1.165) is 0 Å². The van der Waals surface area contributed by atoms with Crippen LogP contribution in [-0.2, 0) is 4.79 Å². The maximum Gasteiger partial charge on any atom is 0.238 e. The highest BCUT2D eigenvalue weighted by atomic mass is 32.2. The normalized spacial score (nSPS) is 12.1. The Morgan fingerprint density at radius 1 is 1.38 bits per heavy atom. The first-order valence-electron chi connectivity index (χ1n) is 7.01. The van der Waals surface area contributed by atoms with Crippen molar-refractivity contribution in [2.75, 3.05) is 5.32 Å². The monoisotopic (exact) mass is 346 g/mol. The Morgan fingerprint density at radius 2 is 2.12 bits per heavy atom. The summed E-state index contributed by atoms with van der Waals surface area (Å²) in [7, 11) is 0. The zero-order chi connectivity index (χ0) is 17.1. The van der Waals surface area contributed by atoms with E-state index in [0.29, 0.717) is 22.4 Å². The molecule has 0 unspecified atom stereocenters. The molecule has 0 radical (unpaired) electrons. The number of hydrogen-bond acceptors (Lipinski definition) is 8. The predicted molar refractivity (Wildman–Crippen MR) is 86.0 cm³/mol. The van der Waals surface area contributed by atoms with Gasteiger partial charge in [-0.15, -0.1) is 5.10 Å². The van der Waals surface area contributed by atoms with Crippen molar-refractivity contribution in [3.05, 3.63) is 36.1 Å². The molecule has 124 valence electrons. The van der Waals surface area contributed by atoms with Crippen LogP contribution in [-0.4, -0.2) is 41.6 Å². The zero-order valence-corrected chi connectivity index (χ0v) is 13.7. The molecule has 2 N–H and O–H groups in total. The van der Waals surface area contributed by atoms with Gasteiger partial charge in [0.15, 0.2) is 5.82 Å². The van der Waals surface area contributed by atoms with Gasteiger partial charge in [0.2, 0.25) is 11.1 Å². The second kappa shape index (κ2) is 6.71. The molecule has 2 aromatic heterocycles. The molecule has 0 aliphatic rings. The van der Waals surface area contributed by atoms with E-state index in [2.05, 4.69) is 26.0 Å². The summed E-state index contributed by atoms with van der Waals surface area (Å²) in [5.74, 6) is 0.884. The zero-order valence-electron chi connectivity index (χ0n) is 12.9. The van der Waals surface area contributed by atoms with E-state index in [1.165, 1.54) is 28.6 Å². The molecule has 0 saturated heterocycles. The molecule has 1 aromatic carbocycles. The van der Waals surface area contributed by atoms with E-state index >= 15 is 0 Å². The standard InChI is InChI=1S/C14H14N6O3S/c1-8-7-12(17-23-8)15-13(22)9(2)24-14-16-18-19-20(14)10-3-5-11(21)6-4-10/h3-7,9,21H,1-2H3,(H,15,17,22)/t9-/m0/s1. The fourth-order valence-corrected chi connectivity index (χ4v) is 2.68. The Bertz CT molecular complexity index is 844. The van der Waals surface area contributed by atoms with Gasteiger partial charge >= 0.3 is 0 Å². The first-order chi connectivity index (χ1) is 11.5. The van der Waals surface area contributed by atoms with Gasteiger partial charge < -0.3 is 14.9 Å². The minimum absolute atomic E-state index is 0.150. The summed E-state index contributed by atoms with van der Waals surface area (Å²) in [5, 5.41) is 27.2. The van der Waals surface area contributed by atoms with Crippen molar-refractivity contribution in [1.29, 1.82) is 0 Å². The molecule has 24 heavy (non-hydrogen) atoms. The molecule has 3 aromatic rings. The van der Waals surface area contributed by atoms with Crippen molar-refractivity contribution in [3.63, 3.8) is 0 Å². The molecule has 3 rings (SSSR count). The van der Waals surface area contributed by atoms with Gasteiger partial charge in [0.05, 0.1) is 10.9 Å². The number of amides is 1. The molecular weight excluding hydrogens is 332 g/mol. The predicted octanol–water partition coefficient (Wildman–Crippen LogP) is 1.78. The van der Waals surface area contributed by atoms with Gasteiger partial charge in [-0.3, -0.25) is 4.79 Å². The largest absolute Gasteiger partial charge is 0.508 e. The number of phenols is 1. The molecular formula is C14H14N6O3S. The number of thioether (sulfide) groups is 1. The molecule has 1 amide bonds. The van der Waals surface area contributed by atoms with Crippen LogP contribution in [0, 0.1) is 6.92 Å². The average Bonchev–Trinajstić information content (AvgIpc) is 3.17. The van der Waals surface area contributed by atoms with Crippen LogP contribution in [0.4, 0.5) is 5.82 Å². The molecule has 0 aliphatic heterocycles. The van der Waals surface area contributed by atoms with Crippen molar-refractivity contribution in [2.45, 2.75) is 24.3 Å². The number of anilines is 1. The van der Waals surface area contributed by atoms with Gasteiger partial charge in [-0.05, 0) is 48.5 Å². The number of aryl methyl sites for hydroxylation is 1. The second-order valence-corrected chi connectivity index (χ2v) is 6.27. The van der Waals surface area contributed by atoms with Crippen LogP contribution in [0.2, 0.25) is 0 Å². The van der Waals surface area contributed by atoms with Gasteiger partial charge in [-0.25, -0.2) is 0 Å². The average molecular weight is 346 g/mol. The second-order valence-electron chi connectivity index (χ2n) is 4.96. The summed E-state index contributed by atoms with van der Waals surface area (Å²) in [6, 6.07) is 8.07. The SMILES string of the molecule is Cc1cc(NC(=O)[C@H](C)Sc2nnnn2-c2ccc(O)cc2)no1. The van der Waals surface area contributed by atoms with Crippen LogP contribution in [0.25, 0.3) is 5.69 Å². The summed E-state index contributed by atoms with van der Waals surface area (Å²) in [6.07, 6.45) is 0. The molecule has 0 aliphatic carbocycles. The molecule has 9 nitrogen and oxygen atoms in total. The number of tetrazole rings is 1. The van der Waals surface area contributed by atoms with Crippen LogP contribution in [0.3, 0.4) is 0 Å². The van der Waals surface area contributed by atoms with E-state index in [1.807, 2.05) is 0 Å². The lowest BCUT2D eigenvalue weighted by Crippen LogP contribution is -2.23. The lowest BCUT2D eigenvalue weighted by atomic mass is 10.3. The van der Waals surface area contributed by atoms with Gasteiger partial charge in [0.1, 0.15) is 11.5 Å². The van der Waals surface area contributed by atoms with Gasteiger partial charge in [0.25, 0.3) is 0 Å². The minimum atomic E-state index is -0.455. The van der Waals surface area contributed by atoms with Gasteiger partial charge in [-0.1, -0.05) is 16.9 Å². The number of nitrogens with one attached hydrogen (secondary N) is 1. The van der Waals surface area contributed by atoms with Crippen LogP contribution in [0.5, 0.6) is 5.75 Å². The first kappa shape index (κ1) is 16.0. The van der Waals surface area contributed by atoms with Gasteiger partial charge in [0, 0.05) is 6.07 Å². The van der Waals surface area contributed by atoms with Crippen LogP contribution in [0.15, 0.2) is 40.0 Å². The number of benzene rings is 1. The minimum Gasteiger partial charge on any atom is -0.508 e. The lowest BCUT2D eigenvalue weighted by molar-refractivity contribution is -0.115. The van der Waals surface area contributed by atoms with Crippen molar-refractivity contribution >= 4 is 23.5 Å². The highest BCUT2D eigenvalue weighted by Crippen LogP contribution is 2.24. The van der Waals surface area contributed by atoms with Crippen LogP contribution < -0.4 is 5.32 Å². The Balaban J connectivity index is 1.70. The van der Waals surface area contributed by atoms with Crippen molar-refractivity contribution in [3.8, 4) is 11.4 Å². The van der Waals surface area contributed by atoms with E-state index in [1.54, 1.807) is 32.0 Å². The molecule has 0 bridgehead atoms. The van der Waals surface area contributed by atoms with Crippen molar-refractivity contribution < 1.29 is 14.4 Å². The highest BCUT2D eigenvalue weighted by molar-refractivity contribution is 8.00. The fraction of sp³-hybridized carbons (Fsp3) is 0.214. The number of aromatic hydroxyl groups is 1. The molecule has 0 fully saturated rings. The van der Waals surface area contributed by atoms with Crippen molar-refractivity contribution in [1.82, 2.24) is 25.4 Å². The van der Waals surface area contributed by atoms with Gasteiger partial charge in [-0.2, -0.15) is 4.68 Å². The lowest BCUT2D eigenvalue weighted by Gasteiger charge is -2.10. The third-order valence-electron chi connectivity index (χ3n) is 3.07. The Morgan fingerprint density at radius 3 is 2.79 bits per heavy atom. The summed E-state index contributed by atoms with van der Waals surface area (Å²) >= 11 is 1.20. The highest BCUT2D eigenvalue weighted by Gasteiger charge is 2.20. The molecule has 1 atom stereocenters. The van der Waals surface area contributed by atoms with E-state index in [-0.39, 0.29) is 11.7 Å². The van der Waals surface area contributed by atoms with Crippen LogP contribution in [0.1, 0.15) is 12.7 Å². The number of phenolic OH excluding ortho intramolecular Hbond substituents is 1. The third kappa shape index (κ3) is 3.54. The number of nitrogens with zero attached hydrogens (tertiary/aromatic N) is 5. The smallest absolute Gasteiger partial charge is 0.238 e. The maximum atomic E-state index is 12.2.